The zero-order valence-electron chi connectivity index (χ0n) is 17.9. The van der Waals surface area contributed by atoms with Crippen LogP contribution in [0.5, 0.6) is 0 Å². The number of nitrogens with one attached hydrogen (secondary N) is 1. The molecule has 0 bridgehead atoms. The Hall–Kier alpha value is -3.05. The minimum absolute atomic E-state index is 0.0919. The largest absolute Gasteiger partial charge is 0.347 e. The van der Waals surface area contributed by atoms with E-state index in [1.807, 2.05) is 66.7 Å². The van der Waals surface area contributed by atoms with E-state index in [1.165, 1.54) is 16.7 Å². The van der Waals surface area contributed by atoms with E-state index in [2.05, 4.69) is 21.2 Å². The molecule has 3 aromatic carbocycles. The number of amides is 2. The van der Waals surface area contributed by atoms with E-state index in [4.69, 9.17) is 11.6 Å². The van der Waals surface area contributed by atoms with Crippen LogP contribution in [0.15, 0.2) is 93.9 Å². The van der Waals surface area contributed by atoms with E-state index < -0.39 is 11.2 Å². The predicted octanol–water partition coefficient (Wildman–Crippen LogP) is 5.85. The number of hydrogen-bond acceptors (Lipinski definition) is 4. The lowest BCUT2D eigenvalue weighted by molar-refractivity contribution is -0.117. The van der Waals surface area contributed by atoms with Gasteiger partial charge in [-0.2, -0.15) is 5.26 Å². The summed E-state index contributed by atoms with van der Waals surface area (Å²) in [4.78, 5) is 28.0. The highest BCUT2D eigenvalue weighted by molar-refractivity contribution is 9.10. The molecule has 1 aliphatic heterocycles. The molecule has 1 heterocycles. The highest BCUT2D eigenvalue weighted by Crippen LogP contribution is 2.42. The highest BCUT2D eigenvalue weighted by Gasteiger charge is 2.40. The van der Waals surface area contributed by atoms with Crippen LogP contribution in [0.25, 0.3) is 0 Å². The summed E-state index contributed by atoms with van der Waals surface area (Å²) in [5.74, 6) is -0.710. The number of halogens is 2. The molecule has 1 atom stereocenters. The predicted molar refractivity (Wildman–Crippen MR) is 139 cm³/mol. The molecule has 4 rings (SSSR count). The molecule has 0 aromatic heterocycles. The SMILES string of the molecule is N#C/C(C(=O)NCc1ccccc1)=C1/SC(Cc2cccc(Cl)c2)C(=O)N1c1ccc(Br)cc1. The Morgan fingerprint density at radius 2 is 1.76 bits per heavy atom. The van der Waals surface area contributed by atoms with E-state index in [0.717, 1.165) is 15.6 Å². The van der Waals surface area contributed by atoms with Crippen LogP contribution < -0.4 is 10.2 Å². The van der Waals surface area contributed by atoms with Crippen LogP contribution in [0.4, 0.5) is 5.69 Å². The third kappa shape index (κ3) is 5.53. The maximum Gasteiger partial charge on any atom is 0.264 e. The van der Waals surface area contributed by atoms with Gasteiger partial charge in [0.25, 0.3) is 5.91 Å². The molecule has 3 aromatic rings. The topological polar surface area (TPSA) is 73.2 Å². The van der Waals surface area contributed by atoms with Gasteiger partial charge in [-0.1, -0.05) is 81.8 Å². The Morgan fingerprint density at radius 1 is 1.06 bits per heavy atom. The third-order valence-electron chi connectivity index (χ3n) is 5.20. The van der Waals surface area contributed by atoms with Gasteiger partial charge < -0.3 is 5.32 Å². The van der Waals surface area contributed by atoms with E-state index in [1.54, 1.807) is 18.2 Å². The van der Waals surface area contributed by atoms with E-state index in [9.17, 15) is 14.9 Å². The van der Waals surface area contributed by atoms with Gasteiger partial charge in [0.2, 0.25) is 5.91 Å². The first-order valence-electron chi connectivity index (χ1n) is 10.4. The first kappa shape index (κ1) is 24.1. The minimum Gasteiger partial charge on any atom is -0.347 e. The molecule has 1 unspecified atom stereocenters. The summed E-state index contributed by atoms with van der Waals surface area (Å²) < 4.78 is 0.859. The average molecular weight is 553 g/mol. The smallest absolute Gasteiger partial charge is 0.264 e. The molecule has 5 nitrogen and oxygen atoms in total. The number of hydrogen-bond donors (Lipinski definition) is 1. The van der Waals surface area contributed by atoms with Crippen LogP contribution >= 0.6 is 39.3 Å². The highest BCUT2D eigenvalue weighted by atomic mass is 79.9. The summed E-state index contributed by atoms with van der Waals surface area (Å²) in [5, 5.41) is 13.1. The maximum absolute atomic E-state index is 13.5. The summed E-state index contributed by atoms with van der Waals surface area (Å²) in [6, 6.07) is 26.0. The quantitative estimate of drug-likeness (QED) is 0.308. The van der Waals surface area contributed by atoms with E-state index >= 15 is 0 Å². The second kappa shape index (κ2) is 10.9. The van der Waals surface area contributed by atoms with Crippen LogP contribution in [0.3, 0.4) is 0 Å². The number of nitriles is 1. The average Bonchev–Trinajstić information content (AvgIpc) is 3.15. The molecule has 170 valence electrons. The van der Waals surface area contributed by atoms with Crippen molar-refractivity contribution in [2.75, 3.05) is 4.90 Å². The molecule has 2 amide bonds. The van der Waals surface area contributed by atoms with Crippen LogP contribution in [-0.4, -0.2) is 17.1 Å². The van der Waals surface area contributed by atoms with Crippen LogP contribution in [-0.2, 0) is 22.6 Å². The third-order valence-corrected chi connectivity index (χ3v) is 7.22. The Kier molecular flexibility index (Phi) is 7.73. The Balaban J connectivity index is 1.67. The molecule has 1 aliphatic rings. The van der Waals surface area contributed by atoms with Gasteiger partial charge >= 0.3 is 0 Å². The van der Waals surface area contributed by atoms with Crippen molar-refractivity contribution < 1.29 is 9.59 Å². The first-order chi connectivity index (χ1) is 16.5. The van der Waals surface area contributed by atoms with Gasteiger partial charge in [0.1, 0.15) is 16.7 Å². The van der Waals surface area contributed by atoms with Crippen molar-refractivity contribution >= 4 is 56.8 Å². The van der Waals surface area contributed by atoms with Crippen molar-refractivity contribution in [1.29, 1.82) is 5.26 Å². The minimum atomic E-state index is -0.521. The number of benzene rings is 3. The summed E-state index contributed by atoms with van der Waals surface area (Å²) in [6.45, 7) is 0.279. The molecule has 8 heteroatoms. The van der Waals surface area contributed by atoms with Crippen molar-refractivity contribution in [1.82, 2.24) is 5.32 Å². The molecule has 34 heavy (non-hydrogen) atoms. The van der Waals surface area contributed by atoms with Gasteiger partial charge in [0.05, 0.1) is 5.25 Å². The zero-order valence-corrected chi connectivity index (χ0v) is 21.0. The van der Waals surface area contributed by atoms with Crippen molar-refractivity contribution in [3.8, 4) is 6.07 Å². The van der Waals surface area contributed by atoms with Gasteiger partial charge in [-0.05, 0) is 53.9 Å². The summed E-state index contributed by atoms with van der Waals surface area (Å²) >= 11 is 10.8. The molecule has 0 radical (unpaired) electrons. The maximum atomic E-state index is 13.5. The van der Waals surface area contributed by atoms with Crippen molar-refractivity contribution in [2.45, 2.75) is 18.2 Å². The van der Waals surface area contributed by atoms with E-state index in [-0.39, 0.29) is 18.0 Å². The molecule has 1 N–H and O–H groups in total. The Labute approximate surface area is 215 Å². The van der Waals surface area contributed by atoms with Crippen molar-refractivity contribution in [3.63, 3.8) is 0 Å². The fourth-order valence-electron chi connectivity index (χ4n) is 3.56. The van der Waals surface area contributed by atoms with Crippen molar-refractivity contribution in [3.05, 3.63) is 110 Å². The molecule has 1 saturated heterocycles. The van der Waals surface area contributed by atoms with Crippen LogP contribution in [0.1, 0.15) is 11.1 Å². The Morgan fingerprint density at radius 3 is 2.44 bits per heavy atom. The second-order valence-corrected chi connectivity index (χ2v) is 10.1. The lowest BCUT2D eigenvalue weighted by Crippen LogP contribution is -2.32. The van der Waals surface area contributed by atoms with Gasteiger partial charge in [0.15, 0.2) is 0 Å². The van der Waals surface area contributed by atoms with Gasteiger partial charge in [-0.25, -0.2) is 0 Å². The number of rotatable bonds is 6. The lowest BCUT2D eigenvalue weighted by atomic mass is 10.1. The fraction of sp³-hybridized carbons (Fsp3) is 0.115. The normalized spacial score (nSPS) is 16.8. The van der Waals surface area contributed by atoms with Gasteiger partial charge in [0, 0.05) is 21.7 Å². The molecule has 0 aliphatic carbocycles. The summed E-state index contributed by atoms with van der Waals surface area (Å²) in [7, 11) is 0. The second-order valence-electron chi connectivity index (χ2n) is 7.55. The molecule has 0 spiro atoms. The molecule has 0 saturated carbocycles. The molecule has 1 fully saturated rings. The lowest BCUT2D eigenvalue weighted by Gasteiger charge is -2.19. The number of nitrogens with zero attached hydrogens (tertiary/aromatic N) is 2. The summed E-state index contributed by atoms with van der Waals surface area (Å²) in [6.07, 6.45) is 0.422. The monoisotopic (exact) mass is 551 g/mol. The van der Waals surface area contributed by atoms with Crippen LogP contribution in [0, 0.1) is 11.3 Å². The van der Waals surface area contributed by atoms with E-state index in [0.29, 0.717) is 22.2 Å². The summed E-state index contributed by atoms with van der Waals surface area (Å²) in [5.41, 5.74) is 2.32. The fourth-order valence-corrected chi connectivity index (χ4v) is 5.34. The standard InChI is InChI=1S/C26H19BrClN3O2S/c27-19-9-11-21(12-10-19)31-25(33)23(14-18-7-4-8-20(28)13-18)34-26(31)22(15-29)24(32)30-16-17-5-2-1-3-6-17/h1-13,23H,14,16H2,(H,30,32)/b26-22-. The number of anilines is 1. The molecular formula is C26H19BrClN3O2S. The van der Waals surface area contributed by atoms with Gasteiger partial charge in [-0.3, -0.25) is 14.5 Å². The van der Waals surface area contributed by atoms with Crippen molar-refractivity contribution in [2.24, 2.45) is 0 Å². The number of carbonyl (C=O) groups excluding carboxylic acids is 2. The number of carbonyl (C=O) groups is 2. The first-order valence-corrected chi connectivity index (χ1v) is 12.5. The zero-order chi connectivity index (χ0) is 24.1. The molecular weight excluding hydrogens is 534 g/mol. The number of thioether (sulfide) groups is 1. The Bertz CT molecular complexity index is 1290. The van der Waals surface area contributed by atoms with Crippen LogP contribution in [0.2, 0.25) is 5.02 Å². The van der Waals surface area contributed by atoms with Gasteiger partial charge in [-0.15, -0.1) is 0 Å².